The van der Waals surface area contributed by atoms with E-state index in [1.54, 1.807) is 12.1 Å². The van der Waals surface area contributed by atoms with Crippen LogP contribution in [0.15, 0.2) is 30.5 Å². The second-order valence-corrected chi connectivity index (χ2v) is 7.80. The zero-order valence-corrected chi connectivity index (χ0v) is 17.0. The van der Waals surface area contributed by atoms with E-state index < -0.39 is 18.0 Å². The average Bonchev–Trinajstić information content (AvgIpc) is 3.37. The van der Waals surface area contributed by atoms with Gasteiger partial charge in [-0.1, -0.05) is 35.3 Å². The number of halogens is 5. The number of amides is 1. The molecule has 1 fully saturated rings. The van der Waals surface area contributed by atoms with Crippen molar-refractivity contribution in [3.05, 3.63) is 63.3 Å². The van der Waals surface area contributed by atoms with Crippen molar-refractivity contribution < 1.29 is 18.0 Å². The van der Waals surface area contributed by atoms with Gasteiger partial charge < -0.3 is 5.32 Å². The van der Waals surface area contributed by atoms with Crippen LogP contribution in [0.1, 0.15) is 42.1 Å². The van der Waals surface area contributed by atoms with Crippen LogP contribution in [0.5, 0.6) is 0 Å². The second kappa shape index (κ2) is 8.31. The van der Waals surface area contributed by atoms with E-state index in [2.05, 4.69) is 15.5 Å². The maximum Gasteiger partial charge on any atom is 0.283 e. The molecular formula is C19H16Cl2F3N5O. The van der Waals surface area contributed by atoms with Crippen molar-refractivity contribution in [1.82, 2.24) is 19.6 Å². The molecule has 0 atom stereocenters. The van der Waals surface area contributed by atoms with Crippen LogP contribution in [0.4, 0.5) is 19.0 Å². The third kappa shape index (κ3) is 4.46. The minimum absolute atomic E-state index is 0.0272. The highest BCUT2D eigenvalue weighted by Gasteiger charge is 2.34. The van der Waals surface area contributed by atoms with Gasteiger partial charge in [0.1, 0.15) is 23.1 Å². The molecule has 1 aliphatic rings. The van der Waals surface area contributed by atoms with Crippen molar-refractivity contribution in [3.8, 4) is 0 Å². The van der Waals surface area contributed by atoms with E-state index in [1.165, 1.54) is 27.7 Å². The molecule has 2 heterocycles. The molecule has 4 rings (SSSR count). The number of carbonyl (C=O) groups is 1. The molecule has 11 heteroatoms. The van der Waals surface area contributed by atoms with Gasteiger partial charge in [-0.05, 0) is 30.5 Å². The lowest BCUT2D eigenvalue weighted by atomic mass is 10.2. The molecule has 1 N–H and O–H groups in total. The maximum absolute atomic E-state index is 13.3. The number of hydrogen-bond acceptors (Lipinski definition) is 3. The van der Waals surface area contributed by atoms with E-state index in [9.17, 15) is 18.0 Å². The van der Waals surface area contributed by atoms with Crippen molar-refractivity contribution in [2.45, 2.75) is 38.3 Å². The summed E-state index contributed by atoms with van der Waals surface area (Å²) < 4.78 is 42.3. The summed E-state index contributed by atoms with van der Waals surface area (Å²) >= 11 is 12.2. The molecule has 1 saturated carbocycles. The van der Waals surface area contributed by atoms with Crippen molar-refractivity contribution in [1.29, 1.82) is 0 Å². The van der Waals surface area contributed by atoms with Gasteiger partial charge in [-0.25, -0.2) is 13.2 Å². The molecule has 2 aromatic heterocycles. The van der Waals surface area contributed by atoms with E-state index in [-0.39, 0.29) is 40.7 Å². The Morgan fingerprint density at radius 2 is 2.03 bits per heavy atom. The van der Waals surface area contributed by atoms with E-state index in [0.29, 0.717) is 11.3 Å². The molecule has 30 heavy (non-hydrogen) atoms. The number of carbonyl (C=O) groups excluding carboxylic acids is 1. The van der Waals surface area contributed by atoms with Crippen LogP contribution in [0.25, 0.3) is 0 Å². The minimum atomic E-state index is -2.83. The molecule has 158 valence electrons. The van der Waals surface area contributed by atoms with Crippen LogP contribution in [-0.2, 0) is 17.9 Å². The number of benzene rings is 1. The summed E-state index contributed by atoms with van der Waals surface area (Å²) in [4.78, 5) is 12.5. The standard InChI is InChI=1S/C19H16Cl2F3N5O/c20-13-8-28(7-10-2-1-3-12(22)6-10)27-19(13)25-14(30)9-29-17(11-4-5-11)15(21)16(26-29)18(23)24/h1-3,6,8,11,18H,4-5,7,9H2,(H,25,27,30). The molecule has 0 radical (unpaired) electrons. The summed E-state index contributed by atoms with van der Waals surface area (Å²) in [5.41, 5.74) is 0.598. The zero-order chi connectivity index (χ0) is 21.4. The average molecular weight is 458 g/mol. The molecule has 0 aliphatic heterocycles. The SMILES string of the molecule is O=C(Cn1nc(C(F)F)c(Cl)c1C1CC1)Nc1nn(Cc2cccc(F)c2)cc1Cl. The van der Waals surface area contributed by atoms with Gasteiger partial charge in [-0.2, -0.15) is 10.2 Å². The van der Waals surface area contributed by atoms with Gasteiger partial charge in [0.15, 0.2) is 5.82 Å². The van der Waals surface area contributed by atoms with Gasteiger partial charge in [-0.3, -0.25) is 14.2 Å². The Balaban J connectivity index is 1.47. The van der Waals surface area contributed by atoms with E-state index in [1.807, 2.05) is 0 Å². The molecule has 6 nitrogen and oxygen atoms in total. The normalized spacial score (nSPS) is 13.8. The van der Waals surface area contributed by atoms with Crippen LogP contribution in [-0.4, -0.2) is 25.5 Å². The molecule has 3 aromatic rings. The first-order chi connectivity index (χ1) is 14.3. The fourth-order valence-electron chi connectivity index (χ4n) is 3.17. The quantitative estimate of drug-likeness (QED) is 0.541. The number of nitrogens with zero attached hydrogens (tertiary/aromatic N) is 4. The number of anilines is 1. The maximum atomic E-state index is 13.3. The second-order valence-electron chi connectivity index (χ2n) is 7.02. The number of rotatable bonds is 7. The van der Waals surface area contributed by atoms with Crippen molar-refractivity contribution in [2.24, 2.45) is 0 Å². The van der Waals surface area contributed by atoms with Crippen LogP contribution in [0.2, 0.25) is 10.0 Å². The predicted molar refractivity (Wildman–Crippen MR) is 106 cm³/mol. The Hall–Kier alpha value is -2.52. The number of hydrogen-bond donors (Lipinski definition) is 1. The van der Waals surface area contributed by atoms with Crippen LogP contribution >= 0.6 is 23.2 Å². The van der Waals surface area contributed by atoms with E-state index >= 15 is 0 Å². The van der Waals surface area contributed by atoms with Gasteiger partial charge in [-0.15, -0.1) is 0 Å². The fraction of sp³-hybridized carbons (Fsp3) is 0.316. The van der Waals surface area contributed by atoms with Crippen molar-refractivity contribution >= 4 is 34.9 Å². The van der Waals surface area contributed by atoms with Gasteiger partial charge in [0.25, 0.3) is 6.43 Å². The molecule has 0 spiro atoms. The highest BCUT2D eigenvalue weighted by atomic mass is 35.5. The van der Waals surface area contributed by atoms with Crippen LogP contribution < -0.4 is 5.32 Å². The fourth-order valence-corrected chi connectivity index (χ4v) is 3.74. The molecule has 0 unspecified atom stereocenters. The van der Waals surface area contributed by atoms with Gasteiger partial charge >= 0.3 is 0 Å². The summed E-state index contributed by atoms with van der Waals surface area (Å²) in [6, 6.07) is 6.02. The van der Waals surface area contributed by atoms with E-state index in [4.69, 9.17) is 23.2 Å². The molecule has 1 amide bonds. The topological polar surface area (TPSA) is 64.7 Å². The lowest BCUT2D eigenvalue weighted by Crippen LogP contribution is -2.21. The third-order valence-electron chi connectivity index (χ3n) is 4.63. The molecule has 0 saturated heterocycles. The number of alkyl halides is 2. The molecule has 1 aliphatic carbocycles. The van der Waals surface area contributed by atoms with Crippen LogP contribution in [0, 0.1) is 5.82 Å². The third-order valence-corrected chi connectivity index (χ3v) is 5.29. The van der Waals surface area contributed by atoms with Crippen molar-refractivity contribution in [2.75, 3.05) is 5.32 Å². The lowest BCUT2D eigenvalue weighted by Gasteiger charge is -2.07. The van der Waals surface area contributed by atoms with E-state index in [0.717, 1.165) is 12.8 Å². The van der Waals surface area contributed by atoms with Crippen LogP contribution in [0.3, 0.4) is 0 Å². The summed E-state index contributed by atoms with van der Waals surface area (Å²) in [5.74, 6) is -0.765. The highest BCUT2D eigenvalue weighted by Crippen LogP contribution is 2.45. The smallest absolute Gasteiger partial charge is 0.283 e. The number of aromatic nitrogens is 4. The summed E-state index contributed by atoms with van der Waals surface area (Å²) in [5, 5.41) is 10.7. The first kappa shape index (κ1) is 20.7. The predicted octanol–water partition coefficient (Wildman–Crippen LogP) is 5.03. The Bertz CT molecular complexity index is 1090. The Kier molecular flexibility index (Phi) is 5.75. The van der Waals surface area contributed by atoms with Gasteiger partial charge in [0.2, 0.25) is 5.91 Å². The first-order valence-electron chi connectivity index (χ1n) is 9.13. The monoisotopic (exact) mass is 457 g/mol. The molecule has 1 aromatic carbocycles. The summed E-state index contributed by atoms with van der Waals surface area (Å²) in [6.07, 6.45) is 0.294. The first-order valence-corrected chi connectivity index (χ1v) is 9.89. The zero-order valence-electron chi connectivity index (χ0n) is 15.5. The Morgan fingerprint density at radius 3 is 2.70 bits per heavy atom. The number of nitrogens with one attached hydrogen (secondary N) is 1. The minimum Gasteiger partial charge on any atom is -0.306 e. The van der Waals surface area contributed by atoms with Gasteiger partial charge in [0.05, 0.1) is 17.3 Å². The highest BCUT2D eigenvalue weighted by molar-refractivity contribution is 6.33. The largest absolute Gasteiger partial charge is 0.306 e. The van der Waals surface area contributed by atoms with Crippen molar-refractivity contribution in [3.63, 3.8) is 0 Å². The lowest BCUT2D eigenvalue weighted by molar-refractivity contribution is -0.117. The van der Waals surface area contributed by atoms with Gasteiger partial charge in [0, 0.05) is 12.1 Å². The Labute approximate surface area is 179 Å². The Morgan fingerprint density at radius 1 is 1.27 bits per heavy atom. The summed E-state index contributed by atoms with van der Waals surface area (Å²) in [7, 11) is 0. The molecular weight excluding hydrogens is 442 g/mol. The summed E-state index contributed by atoms with van der Waals surface area (Å²) in [6.45, 7) is -0.0446. The molecule has 0 bridgehead atoms.